The number of aliphatic imine (C=N–C) groups is 1. The summed E-state index contributed by atoms with van der Waals surface area (Å²) < 4.78 is 0. The Morgan fingerprint density at radius 1 is 1.32 bits per heavy atom. The first-order valence-corrected chi connectivity index (χ1v) is 9.50. The van der Waals surface area contributed by atoms with Gasteiger partial charge in [0.25, 0.3) is 5.91 Å². The van der Waals surface area contributed by atoms with Crippen molar-refractivity contribution in [1.82, 2.24) is 20.4 Å². The van der Waals surface area contributed by atoms with Crippen LogP contribution in [0.2, 0.25) is 0 Å². The van der Waals surface area contributed by atoms with Crippen molar-refractivity contribution in [1.29, 1.82) is 0 Å². The van der Waals surface area contributed by atoms with E-state index in [0.29, 0.717) is 18.5 Å². The third-order valence-corrected chi connectivity index (χ3v) is 4.69. The van der Waals surface area contributed by atoms with E-state index in [1.165, 1.54) is 0 Å². The first-order chi connectivity index (χ1) is 12.9. The van der Waals surface area contributed by atoms with Gasteiger partial charge in [-0.2, -0.15) is 0 Å². The summed E-state index contributed by atoms with van der Waals surface area (Å²) in [6, 6.07) is 7.94. The van der Waals surface area contributed by atoms with Crippen LogP contribution in [0.25, 0.3) is 0 Å². The second-order valence-electron chi connectivity index (χ2n) is 6.97. The molecule has 0 aliphatic carbocycles. The maximum Gasteiger partial charge on any atom is 0.253 e. The molecule has 0 saturated carbocycles. The van der Waals surface area contributed by atoms with E-state index in [0.717, 1.165) is 37.5 Å². The number of likely N-dealkylation sites (tertiary alicyclic amines) is 1. The molecule has 1 aromatic rings. The fourth-order valence-electron chi connectivity index (χ4n) is 3.16. The lowest BCUT2D eigenvalue weighted by Crippen LogP contribution is -2.45. The standard InChI is InChI=1S/C20H31N5O2.HI/c1-5-18(26)25-12-10-17(14-25)23-20(21-2)22-11-9-15-7-6-8-16(13-15)19(27)24(3)4;/h6-8,13,17H,5,9-12,14H2,1-4H3,(H2,21,22,23);1H. The van der Waals surface area contributed by atoms with Crippen LogP contribution in [0.15, 0.2) is 29.3 Å². The Morgan fingerprint density at radius 2 is 2.07 bits per heavy atom. The van der Waals surface area contributed by atoms with Crippen molar-refractivity contribution in [3.63, 3.8) is 0 Å². The number of hydrogen-bond acceptors (Lipinski definition) is 3. The third kappa shape index (κ3) is 6.96. The minimum absolute atomic E-state index is 0. The summed E-state index contributed by atoms with van der Waals surface area (Å²) in [6.07, 6.45) is 2.27. The van der Waals surface area contributed by atoms with Crippen molar-refractivity contribution in [2.75, 3.05) is 40.8 Å². The summed E-state index contributed by atoms with van der Waals surface area (Å²) in [6.45, 7) is 4.13. The molecule has 2 amide bonds. The number of rotatable bonds is 6. The van der Waals surface area contributed by atoms with Crippen LogP contribution in [0.3, 0.4) is 0 Å². The molecule has 1 fully saturated rings. The summed E-state index contributed by atoms with van der Waals surface area (Å²) in [5, 5.41) is 6.70. The summed E-state index contributed by atoms with van der Waals surface area (Å²) in [5.41, 5.74) is 1.80. The fourth-order valence-corrected chi connectivity index (χ4v) is 3.16. The van der Waals surface area contributed by atoms with Gasteiger partial charge < -0.3 is 20.4 Å². The van der Waals surface area contributed by atoms with E-state index in [1.54, 1.807) is 26.0 Å². The molecule has 1 unspecified atom stereocenters. The van der Waals surface area contributed by atoms with Gasteiger partial charge in [-0.3, -0.25) is 14.6 Å². The molecule has 1 saturated heterocycles. The molecular formula is C20H32IN5O2. The van der Waals surface area contributed by atoms with Crippen molar-refractivity contribution in [3.05, 3.63) is 35.4 Å². The smallest absolute Gasteiger partial charge is 0.253 e. The normalized spacial score (nSPS) is 16.4. The Hall–Kier alpha value is -1.84. The monoisotopic (exact) mass is 501 g/mol. The molecule has 8 heteroatoms. The lowest BCUT2D eigenvalue weighted by atomic mass is 10.1. The van der Waals surface area contributed by atoms with Crippen LogP contribution in [-0.4, -0.2) is 74.4 Å². The van der Waals surface area contributed by atoms with E-state index in [9.17, 15) is 9.59 Å². The largest absolute Gasteiger partial charge is 0.356 e. The Labute approximate surface area is 185 Å². The van der Waals surface area contributed by atoms with Gasteiger partial charge in [-0.15, -0.1) is 24.0 Å². The molecule has 7 nitrogen and oxygen atoms in total. The van der Waals surface area contributed by atoms with Crippen LogP contribution in [-0.2, 0) is 11.2 Å². The molecule has 156 valence electrons. The molecular weight excluding hydrogens is 469 g/mol. The minimum atomic E-state index is 0. The molecule has 1 aliphatic heterocycles. The molecule has 0 bridgehead atoms. The molecule has 2 N–H and O–H groups in total. The average molecular weight is 501 g/mol. The minimum Gasteiger partial charge on any atom is -0.356 e. The maximum absolute atomic E-state index is 12.1. The number of nitrogens with one attached hydrogen (secondary N) is 2. The Kier molecular flexibility index (Phi) is 10.3. The zero-order valence-electron chi connectivity index (χ0n) is 17.2. The van der Waals surface area contributed by atoms with Crippen LogP contribution < -0.4 is 10.6 Å². The van der Waals surface area contributed by atoms with Crippen LogP contribution >= 0.6 is 24.0 Å². The van der Waals surface area contributed by atoms with Crippen LogP contribution in [0, 0.1) is 0 Å². The summed E-state index contributed by atoms with van der Waals surface area (Å²) in [4.78, 5) is 31.6. The molecule has 0 radical (unpaired) electrons. The molecule has 0 spiro atoms. The predicted molar refractivity (Wildman–Crippen MR) is 123 cm³/mol. The van der Waals surface area contributed by atoms with Crippen LogP contribution in [0.5, 0.6) is 0 Å². The first kappa shape index (κ1) is 24.2. The van der Waals surface area contributed by atoms with Gasteiger partial charge in [0.05, 0.1) is 0 Å². The van der Waals surface area contributed by atoms with Crippen molar-refractivity contribution in [2.45, 2.75) is 32.2 Å². The third-order valence-electron chi connectivity index (χ3n) is 4.69. The Bertz CT molecular complexity index is 693. The lowest BCUT2D eigenvalue weighted by molar-refractivity contribution is -0.129. The lowest BCUT2D eigenvalue weighted by Gasteiger charge is -2.18. The summed E-state index contributed by atoms with van der Waals surface area (Å²) in [5.74, 6) is 0.954. The molecule has 1 aliphatic rings. The second-order valence-corrected chi connectivity index (χ2v) is 6.97. The van der Waals surface area contributed by atoms with Gasteiger partial charge in [0, 0.05) is 58.8 Å². The highest BCUT2D eigenvalue weighted by molar-refractivity contribution is 14.0. The van der Waals surface area contributed by atoms with Crippen LogP contribution in [0.1, 0.15) is 35.7 Å². The van der Waals surface area contributed by atoms with Gasteiger partial charge in [0.2, 0.25) is 5.91 Å². The van der Waals surface area contributed by atoms with Gasteiger partial charge in [0.1, 0.15) is 0 Å². The van der Waals surface area contributed by atoms with E-state index in [2.05, 4.69) is 15.6 Å². The molecule has 1 heterocycles. The number of halogens is 1. The summed E-state index contributed by atoms with van der Waals surface area (Å²) >= 11 is 0. The SMILES string of the molecule is CCC(=O)N1CCC(NC(=NC)NCCc2cccc(C(=O)N(C)C)c2)C1.I. The molecule has 2 rings (SSSR count). The van der Waals surface area contributed by atoms with Crippen molar-refractivity contribution < 1.29 is 9.59 Å². The topological polar surface area (TPSA) is 77.0 Å². The van der Waals surface area contributed by atoms with E-state index < -0.39 is 0 Å². The van der Waals surface area contributed by atoms with Gasteiger partial charge >= 0.3 is 0 Å². The highest BCUT2D eigenvalue weighted by Gasteiger charge is 2.25. The number of amides is 2. The second kappa shape index (κ2) is 11.9. The van der Waals surface area contributed by atoms with Crippen molar-refractivity contribution >= 4 is 41.8 Å². The highest BCUT2D eigenvalue weighted by Crippen LogP contribution is 2.10. The molecule has 0 aromatic heterocycles. The zero-order chi connectivity index (χ0) is 19.8. The zero-order valence-corrected chi connectivity index (χ0v) is 19.5. The van der Waals surface area contributed by atoms with Gasteiger partial charge in [-0.1, -0.05) is 19.1 Å². The van der Waals surface area contributed by atoms with Crippen molar-refractivity contribution in [3.8, 4) is 0 Å². The van der Waals surface area contributed by atoms with E-state index in [-0.39, 0.29) is 41.8 Å². The molecule has 1 aromatic carbocycles. The fraction of sp³-hybridized carbons (Fsp3) is 0.550. The number of guanidine groups is 1. The van der Waals surface area contributed by atoms with Crippen LogP contribution in [0.4, 0.5) is 0 Å². The van der Waals surface area contributed by atoms with Gasteiger partial charge in [-0.05, 0) is 30.5 Å². The van der Waals surface area contributed by atoms with Crippen molar-refractivity contribution in [2.24, 2.45) is 4.99 Å². The number of hydrogen-bond donors (Lipinski definition) is 2. The Morgan fingerprint density at radius 3 is 2.71 bits per heavy atom. The molecule has 28 heavy (non-hydrogen) atoms. The first-order valence-electron chi connectivity index (χ1n) is 9.50. The molecule has 1 atom stereocenters. The quantitative estimate of drug-likeness (QED) is 0.354. The Balaban J connectivity index is 0.00000392. The number of carbonyl (C=O) groups excluding carboxylic acids is 2. The highest BCUT2D eigenvalue weighted by atomic mass is 127. The number of nitrogens with zero attached hydrogens (tertiary/aromatic N) is 3. The maximum atomic E-state index is 12.1. The predicted octanol–water partition coefficient (Wildman–Crippen LogP) is 1.72. The number of benzene rings is 1. The van der Waals surface area contributed by atoms with E-state index >= 15 is 0 Å². The van der Waals surface area contributed by atoms with E-state index in [4.69, 9.17) is 0 Å². The van der Waals surface area contributed by atoms with E-state index in [1.807, 2.05) is 36.1 Å². The number of carbonyl (C=O) groups is 2. The summed E-state index contributed by atoms with van der Waals surface area (Å²) in [7, 11) is 5.25. The van der Waals surface area contributed by atoms with Gasteiger partial charge in [-0.25, -0.2) is 0 Å². The average Bonchev–Trinajstić information content (AvgIpc) is 3.14. The van der Waals surface area contributed by atoms with Gasteiger partial charge in [0.15, 0.2) is 5.96 Å².